The largest absolute Gasteiger partial charge is 0.457 e. The molecule has 1 aliphatic carbocycles. The highest BCUT2D eigenvalue weighted by Crippen LogP contribution is 2.48. The highest BCUT2D eigenvalue weighted by atomic mass is 16.5. The Balaban J connectivity index is 1.20. The van der Waals surface area contributed by atoms with E-state index < -0.39 is 0 Å². The van der Waals surface area contributed by atoms with E-state index in [2.05, 4.69) is 176 Å². The van der Waals surface area contributed by atoms with Crippen molar-refractivity contribution in [3.63, 3.8) is 0 Å². The molecule has 9 aromatic rings. The van der Waals surface area contributed by atoms with E-state index in [0.29, 0.717) is 0 Å². The Labute approximate surface area is 289 Å². The Bertz CT molecular complexity index is 2950. The van der Waals surface area contributed by atoms with Crippen LogP contribution in [0.3, 0.4) is 0 Å². The van der Waals surface area contributed by atoms with Gasteiger partial charge in [-0.2, -0.15) is 0 Å². The molecule has 2 bridgehead atoms. The van der Waals surface area contributed by atoms with Gasteiger partial charge >= 0.3 is 0 Å². The van der Waals surface area contributed by atoms with Crippen molar-refractivity contribution in [1.29, 1.82) is 0 Å². The van der Waals surface area contributed by atoms with Crippen molar-refractivity contribution in [2.75, 3.05) is 0 Å². The molecule has 0 radical (unpaired) electrons. The normalized spacial score (nSPS) is 15.3. The quantitative estimate of drug-likeness (QED) is 0.136. The lowest BCUT2D eigenvalue weighted by molar-refractivity contribution is 0.425. The minimum atomic E-state index is 0.0970. The minimum absolute atomic E-state index is 0.0970. The number of ether oxygens (including phenoxy) is 1. The summed E-state index contributed by atoms with van der Waals surface area (Å²) in [6.07, 6.45) is 9.08. The first-order valence-corrected chi connectivity index (χ1v) is 17.4. The van der Waals surface area contributed by atoms with Crippen LogP contribution in [0, 0.1) is 0 Å². The van der Waals surface area contributed by atoms with Crippen LogP contribution in [0.1, 0.15) is 17.0 Å². The van der Waals surface area contributed by atoms with Crippen molar-refractivity contribution in [3.8, 4) is 16.9 Å². The molecule has 0 amide bonds. The fraction of sp³-hybridized carbons (Fsp3) is 0.0204. The van der Waals surface area contributed by atoms with E-state index >= 15 is 0 Å². The third-order valence-corrected chi connectivity index (χ3v) is 10.8. The molecule has 1 unspecified atom stereocenters. The van der Waals surface area contributed by atoms with Crippen molar-refractivity contribution in [2.24, 2.45) is 0 Å². The Kier molecular flexibility index (Phi) is 5.79. The monoisotopic (exact) mass is 634 g/mol. The smallest absolute Gasteiger partial charge is 0.132 e. The van der Waals surface area contributed by atoms with Crippen LogP contribution in [0.15, 0.2) is 182 Å². The molecule has 11 rings (SSSR count). The first kappa shape index (κ1) is 27.5. The van der Waals surface area contributed by atoms with Crippen LogP contribution in [0.4, 0.5) is 0 Å². The first-order valence-electron chi connectivity index (χ1n) is 17.4. The molecule has 1 heteroatoms. The van der Waals surface area contributed by atoms with E-state index in [1.54, 1.807) is 0 Å². The molecule has 1 heterocycles. The number of benzene rings is 9. The minimum Gasteiger partial charge on any atom is -0.457 e. The van der Waals surface area contributed by atoms with Crippen molar-refractivity contribution < 1.29 is 4.74 Å². The molecule has 1 nitrogen and oxygen atoms in total. The molecule has 1 atom stereocenters. The molecule has 0 saturated carbocycles. The van der Waals surface area contributed by atoms with E-state index in [0.717, 1.165) is 11.5 Å². The number of hydrogen-bond acceptors (Lipinski definition) is 1. The summed E-state index contributed by atoms with van der Waals surface area (Å²) in [5.74, 6) is 1.93. The molecule has 0 fully saturated rings. The van der Waals surface area contributed by atoms with Crippen LogP contribution in [-0.2, 0) is 0 Å². The van der Waals surface area contributed by atoms with Gasteiger partial charge in [-0.1, -0.05) is 133 Å². The van der Waals surface area contributed by atoms with Crippen LogP contribution < -0.4 is 4.74 Å². The topological polar surface area (TPSA) is 9.23 Å². The lowest BCUT2D eigenvalue weighted by Gasteiger charge is -2.22. The molecule has 232 valence electrons. The third kappa shape index (κ3) is 4.07. The van der Waals surface area contributed by atoms with Gasteiger partial charge in [0.2, 0.25) is 0 Å². The van der Waals surface area contributed by atoms with E-state index in [1.165, 1.54) is 92.5 Å². The Morgan fingerprint density at radius 2 is 0.920 bits per heavy atom. The maximum Gasteiger partial charge on any atom is 0.132 e. The number of allylic oxidation sites excluding steroid dienone is 5. The molecule has 9 aromatic carbocycles. The maximum absolute atomic E-state index is 6.47. The Morgan fingerprint density at radius 1 is 0.380 bits per heavy atom. The highest BCUT2D eigenvalue weighted by Gasteiger charge is 2.25. The predicted molar refractivity (Wildman–Crippen MR) is 212 cm³/mol. The fourth-order valence-corrected chi connectivity index (χ4v) is 8.56. The molecule has 1 aliphatic heterocycles. The van der Waals surface area contributed by atoms with E-state index in [1.807, 2.05) is 0 Å². The summed E-state index contributed by atoms with van der Waals surface area (Å²) in [5.41, 5.74) is 6.22. The number of rotatable bonds is 2. The molecule has 0 N–H and O–H groups in total. The zero-order valence-electron chi connectivity index (χ0n) is 27.2. The summed E-state index contributed by atoms with van der Waals surface area (Å²) < 4.78 is 6.47. The van der Waals surface area contributed by atoms with Crippen molar-refractivity contribution in [1.82, 2.24) is 0 Å². The lowest BCUT2D eigenvalue weighted by atomic mass is 9.82. The van der Waals surface area contributed by atoms with E-state index in [4.69, 9.17) is 4.74 Å². The summed E-state index contributed by atoms with van der Waals surface area (Å²) >= 11 is 0. The summed E-state index contributed by atoms with van der Waals surface area (Å²) in [6.45, 7) is 0. The third-order valence-electron chi connectivity index (χ3n) is 10.8. The molecule has 0 spiro atoms. The van der Waals surface area contributed by atoms with Crippen LogP contribution in [-0.4, -0.2) is 0 Å². The zero-order chi connectivity index (χ0) is 32.8. The standard InChI is InChI=1S/C49H30O/c1-2-12-31-26-44-36(23-30(31)11-1)28-46(39-16-6-5-15-38(39)44)49-42-19-9-7-17-40(42)48(41-18-8-10-20-43(41)49)34-21-22-37-25-35(24-34)45-27-32-13-3-4-14-33(32)29-47(45)50-37/h1-29,35H. The summed E-state index contributed by atoms with van der Waals surface area (Å²) in [5, 5.41) is 15.1. The second-order valence-electron chi connectivity index (χ2n) is 13.6. The van der Waals surface area contributed by atoms with Crippen LogP contribution in [0.25, 0.3) is 81.3 Å². The van der Waals surface area contributed by atoms with Gasteiger partial charge in [-0.3, -0.25) is 0 Å². The van der Waals surface area contributed by atoms with Crippen molar-refractivity contribution in [2.45, 2.75) is 5.92 Å². The highest BCUT2D eigenvalue weighted by molar-refractivity contribution is 6.25. The molecule has 2 aliphatic rings. The SMILES string of the molecule is C1=CC(c2c3ccccc3c(-c3cc4cc5ccccc5cc4c4ccccc34)c3ccccc23)=CC2C=C1Oc1cc3ccccc3cc12. The lowest BCUT2D eigenvalue weighted by Crippen LogP contribution is -2.06. The van der Waals surface area contributed by atoms with Gasteiger partial charge in [0.25, 0.3) is 0 Å². The first-order chi connectivity index (χ1) is 24.8. The van der Waals surface area contributed by atoms with Gasteiger partial charge < -0.3 is 4.74 Å². The van der Waals surface area contributed by atoms with Gasteiger partial charge in [0, 0.05) is 11.5 Å². The second kappa shape index (κ2) is 10.5. The second-order valence-corrected chi connectivity index (χ2v) is 13.6. The van der Waals surface area contributed by atoms with Crippen molar-refractivity contribution in [3.05, 3.63) is 193 Å². The molecular weight excluding hydrogens is 605 g/mol. The van der Waals surface area contributed by atoms with E-state index in [-0.39, 0.29) is 5.92 Å². The zero-order valence-corrected chi connectivity index (χ0v) is 27.2. The summed E-state index contributed by atoms with van der Waals surface area (Å²) in [7, 11) is 0. The Hall–Kier alpha value is -6.44. The molecule has 0 saturated heterocycles. The number of hydrogen-bond donors (Lipinski definition) is 0. The van der Waals surface area contributed by atoms with Crippen LogP contribution in [0.5, 0.6) is 5.75 Å². The summed E-state index contributed by atoms with van der Waals surface area (Å²) in [6, 6.07) is 55.7. The van der Waals surface area contributed by atoms with Crippen LogP contribution in [0.2, 0.25) is 0 Å². The molecule has 50 heavy (non-hydrogen) atoms. The van der Waals surface area contributed by atoms with Crippen LogP contribution >= 0.6 is 0 Å². The van der Waals surface area contributed by atoms with Crippen molar-refractivity contribution >= 4 is 70.2 Å². The number of fused-ring (bicyclic) bond motifs is 10. The van der Waals surface area contributed by atoms with Gasteiger partial charge in [-0.05, 0) is 129 Å². The Morgan fingerprint density at radius 3 is 1.60 bits per heavy atom. The predicted octanol–water partition coefficient (Wildman–Crippen LogP) is 13.3. The average Bonchev–Trinajstić information content (AvgIpc) is 3.34. The summed E-state index contributed by atoms with van der Waals surface area (Å²) in [4.78, 5) is 0. The maximum atomic E-state index is 6.47. The molecular formula is C49H30O. The van der Waals surface area contributed by atoms with Gasteiger partial charge in [0.05, 0.1) is 0 Å². The van der Waals surface area contributed by atoms with Gasteiger partial charge in [0.1, 0.15) is 11.5 Å². The molecule has 0 aromatic heterocycles. The average molecular weight is 635 g/mol. The van der Waals surface area contributed by atoms with E-state index in [9.17, 15) is 0 Å². The van der Waals surface area contributed by atoms with Gasteiger partial charge in [0.15, 0.2) is 0 Å². The fourth-order valence-electron chi connectivity index (χ4n) is 8.56. The van der Waals surface area contributed by atoms with Gasteiger partial charge in [-0.25, -0.2) is 0 Å². The van der Waals surface area contributed by atoms with Gasteiger partial charge in [-0.15, -0.1) is 0 Å².